The number of aromatic amines is 1. The maximum absolute atomic E-state index is 4.39. The number of rotatable bonds is 2. The Morgan fingerprint density at radius 1 is 1.12 bits per heavy atom. The van der Waals surface area contributed by atoms with Crippen LogP contribution in [0.5, 0.6) is 0 Å². The van der Waals surface area contributed by atoms with Crippen LogP contribution in [0.1, 0.15) is 46.8 Å². The average molecular weight is 329 g/mol. The van der Waals surface area contributed by atoms with Crippen molar-refractivity contribution in [3.63, 3.8) is 0 Å². The largest absolute Gasteiger partial charge is 0.358 e. The predicted molar refractivity (Wildman–Crippen MR) is 103 cm³/mol. The molecule has 0 atom stereocenters. The van der Waals surface area contributed by atoms with E-state index in [2.05, 4.69) is 57.4 Å². The molecule has 3 aromatic rings. The highest BCUT2D eigenvalue weighted by molar-refractivity contribution is 5.95. The minimum absolute atomic E-state index is 0.708. The fourth-order valence-electron chi connectivity index (χ4n) is 4.39. The van der Waals surface area contributed by atoms with Gasteiger partial charge >= 0.3 is 0 Å². The molecule has 3 aliphatic rings. The van der Waals surface area contributed by atoms with Gasteiger partial charge in [0.05, 0.1) is 0 Å². The quantitative estimate of drug-likeness (QED) is 0.737. The first-order chi connectivity index (χ1) is 12.3. The summed E-state index contributed by atoms with van der Waals surface area (Å²) in [7, 11) is 0. The van der Waals surface area contributed by atoms with E-state index < -0.39 is 0 Å². The number of nitrogens with one attached hydrogen (secondary N) is 1. The molecule has 3 aliphatic heterocycles. The van der Waals surface area contributed by atoms with Crippen LogP contribution < -0.4 is 0 Å². The summed E-state index contributed by atoms with van der Waals surface area (Å²) in [5, 5.41) is 1.41. The van der Waals surface area contributed by atoms with Crippen LogP contribution in [0.3, 0.4) is 0 Å². The number of pyridine rings is 1. The number of aromatic nitrogens is 2. The molecule has 0 amide bonds. The molecule has 5 heterocycles. The fourth-order valence-corrected chi connectivity index (χ4v) is 4.39. The van der Waals surface area contributed by atoms with Crippen LogP contribution in [0, 0.1) is 6.92 Å². The molecule has 25 heavy (non-hydrogen) atoms. The Balaban J connectivity index is 1.61. The van der Waals surface area contributed by atoms with E-state index in [1.54, 1.807) is 0 Å². The zero-order valence-electron chi connectivity index (χ0n) is 14.6. The number of hydrogen-bond acceptors (Lipinski definition) is 2. The molecule has 3 heteroatoms. The minimum Gasteiger partial charge on any atom is -0.358 e. The number of hydrogen-bond donors (Lipinski definition) is 1. The number of fused-ring (bicyclic) bond motifs is 3. The van der Waals surface area contributed by atoms with Crippen molar-refractivity contribution >= 4 is 23.1 Å². The molecule has 0 aliphatic carbocycles. The van der Waals surface area contributed by atoms with Crippen LogP contribution in [0.15, 0.2) is 36.5 Å². The summed E-state index contributed by atoms with van der Waals surface area (Å²) in [5.41, 5.74) is 7.80. The summed E-state index contributed by atoms with van der Waals surface area (Å²) >= 11 is 0. The molecule has 0 radical (unpaired) electrons. The van der Waals surface area contributed by atoms with Gasteiger partial charge in [-0.05, 0) is 61.7 Å². The monoisotopic (exact) mass is 329 g/mol. The number of nitrogens with zero attached hydrogens (tertiary/aromatic N) is 2. The molecular weight excluding hydrogens is 306 g/mol. The third-order valence-electron chi connectivity index (χ3n) is 5.76. The number of H-pyrrole nitrogens is 1. The molecular formula is C22H23N3. The molecule has 6 rings (SSSR count). The summed E-state index contributed by atoms with van der Waals surface area (Å²) in [6.45, 7) is 5.58. The first-order valence-corrected chi connectivity index (χ1v) is 9.24. The van der Waals surface area contributed by atoms with Gasteiger partial charge in [-0.3, -0.25) is 9.88 Å². The Hall–Kier alpha value is -2.39. The Morgan fingerprint density at radius 3 is 2.80 bits per heavy atom. The van der Waals surface area contributed by atoms with Crippen LogP contribution >= 0.6 is 0 Å². The molecule has 2 bridgehead atoms. The third kappa shape index (κ3) is 2.59. The Labute approximate surface area is 148 Å². The second-order valence-electron chi connectivity index (χ2n) is 7.40. The first-order valence-electron chi connectivity index (χ1n) is 9.24. The van der Waals surface area contributed by atoms with Crippen molar-refractivity contribution in [3.8, 4) is 0 Å². The second kappa shape index (κ2) is 5.85. The maximum atomic E-state index is 4.39. The van der Waals surface area contributed by atoms with E-state index >= 15 is 0 Å². The zero-order valence-corrected chi connectivity index (χ0v) is 14.6. The van der Waals surface area contributed by atoms with Crippen molar-refractivity contribution in [3.05, 3.63) is 64.6 Å². The van der Waals surface area contributed by atoms with E-state index in [9.17, 15) is 0 Å². The maximum Gasteiger partial charge on any atom is 0.0465 e. The summed E-state index contributed by atoms with van der Waals surface area (Å²) in [5.74, 6) is 0.708. The van der Waals surface area contributed by atoms with Crippen LogP contribution in [0.25, 0.3) is 23.1 Å². The molecule has 3 nitrogen and oxygen atoms in total. The van der Waals surface area contributed by atoms with E-state index in [-0.39, 0.29) is 0 Å². The summed E-state index contributed by atoms with van der Waals surface area (Å²) in [4.78, 5) is 10.8. The topological polar surface area (TPSA) is 31.9 Å². The van der Waals surface area contributed by atoms with Gasteiger partial charge < -0.3 is 4.98 Å². The first kappa shape index (κ1) is 14.9. The lowest BCUT2D eigenvalue weighted by molar-refractivity contribution is 0.220. The van der Waals surface area contributed by atoms with E-state index in [1.807, 2.05) is 13.1 Å². The van der Waals surface area contributed by atoms with E-state index in [4.69, 9.17) is 0 Å². The van der Waals surface area contributed by atoms with Gasteiger partial charge in [-0.2, -0.15) is 0 Å². The molecule has 1 N–H and O–H groups in total. The number of piperidine rings is 1. The van der Waals surface area contributed by atoms with E-state index in [0.717, 1.165) is 17.8 Å². The number of aryl methyl sites for hydroxylation is 1. The van der Waals surface area contributed by atoms with Gasteiger partial charge in [-0.1, -0.05) is 30.4 Å². The van der Waals surface area contributed by atoms with Gasteiger partial charge in [0.25, 0.3) is 0 Å². The molecule has 0 spiro atoms. The highest BCUT2D eigenvalue weighted by Crippen LogP contribution is 2.40. The van der Waals surface area contributed by atoms with Crippen molar-refractivity contribution in [1.82, 2.24) is 14.9 Å². The predicted octanol–water partition coefficient (Wildman–Crippen LogP) is 4.73. The lowest BCUT2D eigenvalue weighted by Gasteiger charge is -2.26. The molecule has 2 aromatic heterocycles. The van der Waals surface area contributed by atoms with Crippen LogP contribution in [-0.2, 0) is 6.54 Å². The van der Waals surface area contributed by atoms with Crippen molar-refractivity contribution in [2.75, 3.05) is 13.1 Å². The normalized spacial score (nSPS) is 22.4. The van der Waals surface area contributed by atoms with Crippen LogP contribution in [-0.4, -0.2) is 28.0 Å². The fraction of sp³-hybridized carbons (Fsp3) is 0.318. The van der Waals surface area contributed by atoms with E-state index in [0.29, 0.717) is 5.92 Å². The van der Waals surface area contributed by atoms with E-state index in [1.165, 1.54) is 53.7 Å². The average Bonchev–Trinajstić information content (AvgIpc) is 2.82. The SMILES string of the molecule is Cc1ccc(/C=C/c2cccc3[nH]c4c(c23)CN2CCC4CC2)cn1. The Kier molecular flexibility index (Phi) is 3.49. The smallest absolute Gasteiger partial charge is 0.0465 e. The van der Waals surface area contributed by atoms with Gasteiger partial charge in [0.2, 0.25) is 0 Å². The van der Waals surface area contributed by atoms with Gasteiger partial charge in [-0.15, -0.1) is 0 Å². The zero-order chi connectivity index (χ0) is 16.8. The lowest BCUT2D eigenvalue weighted by atomic mass is 9.94. The minimum atomic E-state index is 0.708. The molecule has 1 aromatic carbocycles. The van der Waals surface area contributed by atoms with Crippen molar-refractivity contribution in [2.45, 2.75) is 32.2 Å². The number of benzene rings is 1. The molecule has 0 saturated carbocycles. The van der Waals surface area contributed by atoms with Crippen molar-refractivity contribution in [2.24, 2.45) is 0 Å². The highest BCUT2D eigenvalue weighted by atomic mass is 15.1. The Bertz CT molecular complexity index is 941. The van der Waals surface area contributed by atoms with Gasteiger partial charge in [0.1, 0.15) is 0 Å². The van der Waals surface area contributed by atoms with Crippen molar-refractivity contribution in [1.29, 1.82) is 0 Å². The standard InChI is InChI=1S/C22H23N3/c1-15-5-6-16(13-23-15)7-8-17-3-2-4-20-21(17)19-14-25-11-9-18(10-12-25)22(19)24-20/h2-8,13,18,24H,9-12,14H2,1H3/b8-7+. The second-order valence-corrected chi connectivity index (χ2v) is 7.40. The van der Waals surface area contributed by atoms with Gasteiger partial charge in [-0.25, -0.2) is 0 Å². The summed E-state index contributed by atoms with van der Waals surface area (Å²) < 4.78 is 0. The van der Waals surface area contributed by atoms with Gasteiger partial charge in [0, 0.05) is 41.0 Å². The summed E-state index contributed by atoms with van der Waals surface area (Å²) in [6.07, 6.45) is 8.94. The Morgan fingerprint density at radius 2 is 2.00 bits per heavy atom. The molecule has 126 valence electrons. The summed E-state index contributed by atoms with van der Waals surface area (Å²) in [6, 6.07) is 10.8. The van der Waals surface area contributed by atoms with Crippen LogP contribution in [0.4, 0.5) is 0 Å². The van der Waals surface area contributed by atoms with Crippen molar-refractivity contribution < 1.29 is 0 Å². The highest BCUT2D eigenvalue weighted by Gasteiger charge is 2.30. The third-order valence-corrected chi connectivity index (χ3v) is 5.76. The van der Waals surface area contributed by atoms with Gasteiger partial charge in [0.15, 0.2) is 0 Å². The molecule has 1 fully saturated rings. The lowest BCUT2D eigenvalue weighted by Crippen LogP contribution is -2.29. The molecule has 1 saturated heterocycles. The molecule has 0 unspecified atom stereocenters. The van der Waals surface area contributed by atoms with Crippen LogP contribution in [0.2, 0.25) is 0 Å².